The Bertz CT molecular complexity index is 524. The lowest BCUT2D eigenvalue weighted by Gasteiger charge is -2.01. The van der Waals surface area contributed by atoms with Crippen LogP contribution >= 0.6 is 11.6 Å². The zero-order valence-electron chi connectivity index (χ0n) is 7.37. The van der Waals surface area contributed by atoms with Gasteiger partial charge in [-0.15, -0.1) is 0 Å². The maximum atomic E-state index is 13.5. The Morgan fingerprint density at radius 1 is 1.47 bits per heavy atom. The molecule has 0 atom stereocenters. The first-order chi connectivity index (χ1) is 7.24. The second-order valence-electron chi connectivity index (χ2n) is 2.79. The molecule has 0 aliphatic carbocycles. The number of aromatic nitrogens is 1. The first-order valence-electron chi connectivity index (χ1n) is 4.03. The number of benzene rings is 1. The molecule has 2 aromatic rings. The summed E-state index contributed by atoms with van der Waals surface area (Å²) in [5, 5.41) is 12.5. The summed E-state index contributed by atoms with van der Waals surface area (Å²) in [7, 11) is 0. The first kappa shape index (κ1) is 9.69. The van der Waals surface area contributed by atoms with E-state index in [1.54, 1.807) is 0 Å². The fourth-order valence-corrected chi connectivity index (χ4v) is 1.47. The Morgan fingerprint density at radius 3 is 2.93 bits per heavy atom. The van der Waals surface area contributed by atoms with Gasteiger partial charge < -0.3 is 4.52 Å². The normalized spacial score (nSPS) is 9.93. The number of nitrogens with zero attached hydrogens (tertiary/aromatic N) is 2. The lowest BCUT2D eigenvalue weighted by atomic mass is 10.1. The summed E-state index contributed by atoms with van der Waals surface area (Å²) in [5.74, 6) is -0.534. The Balaban J connectivity index is 2.70. The summed E-state index contributed by atoms with van der Waals surface area (Å²) in [6.07, 6.45) is 1.15. The molecule has 15 heavy (non-hydrogen) atoms. The highest BCUT2D eigenvalue weighted by Crippen LogP contribution is 2.31. The second kappa shape index (κ2) is 3.71. The van der Waals surface area contributed by atoms with Gasteiger partial charge in [-0.3, -0.25) is 0 Å². The van der Waals surface area contributed by atoms with Gasteiger partial charge >= 0.3 is 0 Å². The number of hydrogen-bond donors (Lipinski definition) is 0. The van der Waals surface area contributed by atoms with Crippen LogP contribution in [0.3, 0.4) is 0 Å². The molecular formula is C10H4ClFN2O. The Kier molecular flexibility index (Phi) is 2.40. The average molecular weight is 223 g/mol. The maximum absolute atomic E-state index is 13.5. The van der Waals surface area contributed by atoms with Gasteiger partial charge in [0.1, 0.15) is 29.4 Å². The van der Waals surface area contributed by atoms with Gasteiger partial charge in [0.2, 0.25) is 0 Å². The summed E-state index contributed by atoms with van der Waals surface area (Å²) in [4.78, 5) is 0. The quantitative estimate of drug-likeness (QED) is 0.745. The molecule has 0 amide bonds. The van der Waals surface area contributed by atoms with Gasteiger partial charge in [-0.2, -0.15) is 5.26 Å². The number of rotatable bonds is 1. The van der Waals surface area contributed by atoms with Crippen molar-refractivity contribution < 1.29 is 8.91 Å². The topological polar surface area (TPSA) is 49.8 Å². The van der Waals surface area contributed by atoms with Crippen LogP contribution in [0.15, 0.2) is 29.0 Å². The van der Waals surface area contributed by atoms with Crippen molar-refractivity contribution >= 4 is 11.6 Å². The summed E-state index contributed by atoms with van der Waals surface area (Å²) in [6, 6.07) is 6.10. The highest BCUT2D eigenvalue weighted by atomic mass is 35.5. The maximum Gasteiger partial charge on any atom is 0.142 e. The zero-order chi connectivity index (χ0) is 10.8. The third-order valence-corrected chi connectivity index (χ3v) is 2.20. The zero-order valence-corrected chi connectivity index (χ0v) is 8.12. The van der Waals surface area contributed by atoms with Gasteiger partial charge in [0.25, 0.3) is 0 Å². The van der Waals surface area contributed by atoms with Crippen LogP contribution in [0.1, 0.15) is 5.56 Å². The van der Waals surface area contributed by atoms with Crippen molar-refractivity contribution in [2.75, 3.05) is 0 Å². The lowest BCUT2D eigenvalue weighted by Crippen LogP contribution is -1.88. The molecule has 0 spiro atoms. The molecule has 0 bridgehead atoms. The van der Waals surface area contributed by atoms with Crippen LogP contribution in [0.25, 0.3) is 11.3 Å². The van der Waals surface area contributed by atoms with Crippen LogP contribution in [-0.2, 0) is 0 Å². The monoisotopic (exact) mass is 222 g/mol. The Morgan fingerprint density at radius 2 is 2.27 bits per heavy atom. The molecule has 1 aromatic carbocycles. The van der Waals surface area contributed by atoms with E-state index in [1.807, 2.05) is 6.07 Å². The molecule has 0 aliphatic rings. The fourth-order valence-electron chi connectivity index (χ4n) is 1.22. The van der Waals surface area contributed by atoms with Crippen LogP contribution in [-0.4, -0.2) is 5.16 Å². The number of nitriles is 1. The van der Waals surface area contributed by atoms with Crippen molar-refractivity contribution in [3.05, 3.63) is 40.9 Å². The van der Waals surface area contributed by atoms with Crippen LogP contribution in [0.4, 0.5) is 4.39 Å². The molecule has 0 saturated carbocycles. The molecular weight excluding hydrogens is 219 g/mol. The van der Waals surface area contributed by atoms with Gasteiger partial charge in [-0.05, 0) is 12.1 Å². The van der Waals surface area contributed by atoms with Gasteiger partial charge in [0.15, 0.2) is 0 Å². The minimum Gasteiger partial charge on any atom is -0.363 e. The molecule has 74 valence electrons. The van der Waals surface area contributed by atoms with Crippen molar-refractivity contribution in [3.8, 4) is 17.3 Å². The van der Waals surface area contributed by atoms with Crippen LogP contribution in [0, 0.1) is 17.1 Å². The standard InChI is InChI=1S/C10H4ClFN2O/c11-7-2-1-3-8(12)9(7)10-6(4-13)5-15-14-10/h1-3,5H. The van der Waals surface area contributed by atoms with E-state index in [1.165, 1.54) is 18.2 Å². The van der Waals surface area contributed by atoms with Gasteiger partial charge in [-0.1, -0.05) is 22.8 Å². The summed E-state index contributed by atoms with van der Waals surface area (Å²) in [5.41, 5.74) is 0.368. The molecule has 0 unspecified atom stereocenters. The van der Waals surface area contributed by atoms with Crippen molar-refractivity contribution in [1.82, 2.24) is 5.16 Å². The van der Waals surface area contributed by atoms with E-state index in [4.69, 9.17) is 16.9 Å². The van der Waals surface area contributed by atoms with Crippen molar-refractivity contribution in [2.24, 2.45) is 0 Å². The van der Waals surface area contributed by atoms with Crippen molar-refractivity contribution in [1.29, 1.82) is 5.26 Å². The van der Waals surface area contributed by atoms with Gasteiger partial charge in [0.05, 0.1) is 10.6 Å². The lowest BCUT2D eigenvalue weighted by molar-refractivity contribution is 0.421. The fraction of sp³-hybridized carbons (Fsp3) is 0. The summed E-state index contributed by atoms with van der Waals surface area (Å²) in [6.45, 7) is 0. The average Bonchev–Trinajstić information content (AvgIpc) is 2.65. The second-order valence-corrected chi connectivity index (χ2v) is 3.19. The van der Waals surface area contributed by atoms with Crippen LogP contribution in [0.2, 0.25) is 5.02 Å². The van der Waals surface area contributed by atoms with E-state index in [0.717, 1.165) is 6.26 Å². The highest BCUT2D eigenvalue weighted by molar-refractivity contribution is 6.33. The largest absolute Gasteiger partial charge is 0.363 e. The van der Waals surface area contributed by atoms with E-state index in [-0.39, 0.29) is 21.8 Å². The van der Waals surface area contributed by atoms with E-state index in [9.17, 15) is 4.39 Å². The number of hydrogen-bond acceptors (Lipinski definition) is 3. The van der Waals surface area contributed by atoms with Crippen molar-refractivity contribution in [2.45, 2.75) is 0 Å². The first-order valence-corrected chi connectivity index (χ1v) is 4.40. The highest BCUT2D eigenvalue weighted by Gasteiger charge is 2.17. The molecule has 1 heterocycles. The molecule has 0 radical (unpaired) electrons. The Hall–Kier alpha value is -1.86. The molecule has 0 saturated heterocycles. The van der Waals surface area contributed by atoms with Crippen LogP contribution < -0.4 is 0 Å². The minimum absolute atomic E-state index is 0.0875. The molecule has 5 heteroatoms. The van der Waals surface area contributed by atoms with E-state index in [0.29, 0.717) is 0 Å². The SMILES string of the molecule is N#Cc1conc1-c1c(F)cccc1Cl. The molecule has 0 N–H and O–H groups in total. The van der Waals surface area contributed by atoms with E-state index < -0.39 is 5.82 Å². The third-order valence-electron chi connectivity index (χ3n) is 1.89. The smallest absolute Gasteiger partial charge is 0.142 e. The number of halogens is 2. The van der Waals surface area contributed by atoms with Gasteiger partial charge in [-0.25, -0.2) is 4.39 Å². The Labute approximate surface area is 89.7 Å². The van der Waals surface area contributed by atoms with E-state index >= 15 is 0 Å². The minimum atomic E-state index is -0.534. The molecule has 0 fully saturated rings. The van der Waals surface area contributed by atoms with E-state index in [2.05, 4.69) is 9.68 Å². The van der Waals surface area contributed by atoms with Crippen molar-refractivity contribution in [3.63, 3.8) is 0 Å². The van der Waals surface area contributed by atoms with Crippen LogP contribution in [0.5, 0.6) is 0 Å². The molecule has 1 aromatic heterocycles. The van der Waals surface area contributed by atoms with Gasteiger partial charge in [0, 0.05) is 0 Å². The summed E-state index contributed by atoms with van der Waals surface area (Å²) >= 11 is 5.82. The molecule has 2 rings (SSSR count). The third kappa shape index (κ3) is 1.58. The summed E-state index contributed by atoms with van der Waals surface area (Å²) < 4.78 is 18.1. The molecule has 3 nitrogen and oxygen atoms in total. The predicted molar refractivity (Wildman–Crippen MR) is 51.6 cm³/mol. The predicted octanol–water partition coefficient (Wildman–Crippen LogP) is 3.01. The molecule has 0 aliphatic heterocycles.